The Labute approximate surface area is 184 Å². The molecule has 0 unspecified atom stereocenters. The Balaban J connectivity index is 1.40. The molecular weight excluding hydrogens is 422 g/mol. The molecule has 5 rings (SSSR count). The van der Waals surface area contributed by atoms with Crippen LogP contribution in [0, 0.1) is 11.6 Å². The van der Waals surface area contributed by atoms with Crippen LogP contribution in [0.15, 0.2) is 24.4 Å². The van der Waals surface area contributed by atoms with Gasteiger partial charge in [0.05, 0.1) is 11.8 Å². The van der Waals surface area contributed by atoms with Gasteiger partial charge in [-0.2, -0.15) is 4.52 Å². The van der Waals surface area contributed by atoms with E-state index in [0.29, 0.717) is 17.5 Å². The molecule has 1 aromatic carbocycles. The number of hydrogen-bond donors (Lipinski definition) is 1. The Morgan fingerprint density at radius 2 is 1.71 bits per heavy atom. The molecule has 9 heteroatoms. The van der Waals surface area contributed by atoms with E-state index in [1.807, 2.05) is 0 Å². The largest absolute Gasteiger partial charge is 0.364 e. The van der Waals surface area contributed by atoms with E-state index < -0.39 is 11.6 Å². The second-order valence-corrected chi connectivity index (χ2v) is 8.83. The third-order valence-electron chi connectivity index (χ3n) is 6.45. The molecule has 0 bridgehead atoms. The number of likely N-dealkylation sites (tertiary alicyclic amines) is 1. The Morgan fingerprint density at radius 1 is 1.00 bits per heavy atom. The van der Waals surface area contributed by atoms with Crippen molar-refractivity contribution in [1.29, 1.82) is 0 Å². The van der Waals surface area contributed by atoms with E-state index in [-0.39, 0.29) is 22.6 Å². The highest BCUT2D eigenvalue weighted by Gasteiger charge is 2.28. The molecule has 31 heavy (non-hydrogen) atoms. The number of halogens is 3. The second-order valence-electron chi connectivity index (χ2n) is 8.44. The maximum Gasteiger partial charge on any atom is 0.198 e. The molecule has 0 radical (unpaired) electrons. The Hall–Kier alpha value is -2.32. The Kier molecular flexibility index (Phi) is 5.75. The average Bonchev–Trinajstić information content (AvgIpc) is 3.16. The van der Waals surface area contributed by atoms with Crippen LogP contribution in [0.25, 0.3) is 17.0 Å². The summed E-state index contributed by atoms with van der Waals surface area (Å²) in [4.78, 5) is 11.4. The van der Waals surface area contributed by atoms with Crippen LogP contribution in [0.4, 0.5) is 14.6 Å². The zero-order valence-corrected chi connectivity index (χ0v) is 18.0. The van der Waals surface area contributed by atoms with Crippen LogP contribution in [-0.4, -0.2) is 49.7 Å². The monoisotopic (exact) mass is 446 g/mol. The summed E-state index contributed by atoms with van der Waals surface area (Å²) in [5, 5.41) is 7.95. The molecule has 1 saturated carbocycles. The van der Waals surface area contributed by atoms with Gasteiger partial charge in [-0.05, 0) is 63.7 Å². The summed E-state index contributed by atoms with van der Waals surface area (Å²) in [5.41, 5.74) is 0.176. The van der Waals surface area contributed by atoms with E-state index in [9.17, 15) is 8.78 Å². The summed E-state index contributed by atoms with van der Waals surface area (Å²) in [6.07, 6.45) is 9.68. The summed E-state index contributed by atoms with van der Waals surface area (Å²) in [6, 6.07) is 4.56. The number of benzene rings is 1. The molecule has 6 nitrogen and oxygen atoms in total. The van der Waals surface area contributed by atoms with E-state index in [1.54, 1.807) is 0 Å². The normalized spacial score (nSPS) is 22.7. The standard InChI is InChI=1S/C22H25ClF2N6/c23-18-13-26-22-21(27-14-7-9-15(10-8-14)30-11-2-1-3-12-30)28-20(29-31(18)22)19-16(24)5-4-6-17(19)25/h4-6,13-15H,1-3,7-12H2,(H,27,28,29). The molecule has 0 spiro atoms. The number of fused-ring (bicyclic) bond motifs is 1. The van der Waals surface area contributed by atoms with Crippen molar-refractivity contribution in [2.24, 2.45) is 0 Å². The lowest BCUT2D eigenvalue weighted by atomic mass is 9.89. The lowest BCUT2D eigenvalue weighted by molar-refractivity contribution is 0.127. The van der Waals surface area contributed by atoms with Crippen molar-refractivity contribution in [2.45, 2.75) is 57.0 Å². The number of nitrogens with zero attached hydrogens (tertiary/aromatic N) is 5. The third kappa shape index (κ3) is 4.11. The van der Waals surface area contributed by atoms with Crippen molar-refractivity contribution in [3.63, 3.8) is 0 Å². The van der Waals surface area contributed by atoms with Gasteiger partial charge in [0.2, 0.25) is 0 Å². The third-order valence-corrected chi connectivity index (χ3v) is 6.71. The summed E-state index contributed by atoms with van der Waals surface area (Å²) < 4.78 is 30.1. The summed E-state index contributed by atoms with van der Waals surface area (Å²) in [5.74, 6) is -1.05. The molecule has 1 aliphatic heterocycles. The molecule has 3 aromatic rings. The van der Waals surface area contributed by atoms with Crippen molar-refractivity contribution in [1.82, 2.24) is 24.5 Å². The van der Waals surface area contributed by atoms with Gasteiger partial charge in [0.15, 0.2) is 22.4 Å². The fourth-order valence-electron chi connectivity index (χ4n) is 4.83. The van der Waals surface area contributed by atoms with Crippen molar-refractivity contribution < 1.29 is 8.78 Å². The summed E-state index contributed by atoms with van der Waals surface area (Å²) >= 11 is 6.22. The first-order valence-corrected chi connectivity index (χ1v) is 11.3. The topological polar surface area (TPSA) is 58.4 Å². The van der Waals surface area contributed by atoms with Gasteiger partial charge in [-0.3, -0.25) is 0 Å². The molecular formula is C22H25ClF2N6. The quantitative estimate of drug-likeness (QED) is 0.615. The SMILES string of the molecule is Fc1cccc(F)c1-c1nc(NC2CCC(N3CCCCC3)CC2)c2ncc(Cl)n2n1. The molecule has 164 valence electrons. The molecule has 2 aromatic heterocycles. The van der Waals surface area contributed by atoms with Crippen molar-refractivity contribution in [3.8, 4) is 11.4 Å². The first kappa shape index (κ1) is 20.6. The minimum Gasteiger partial charge on any atom is -0.364 e. The van der Waals surface area contributed by atoms with Crippen LogP contribution in [0.5, 0.6) is 0 Å². The van der Waals surface area contributed by atoms with E-state index in [2.05, 4.69) is 25.3 Å². The number of nitrogens with one attached hydrogen (secondary N) is 1. The molecule has 3 heterocycles. The molecule has 0 atom stereocenters. The Morgan fingerprint density at radius 3 is 2.42 bits per heavy atom. The number of rotatable bonds is 4. The van der Waals surface area contributed by atoms with Crippen LogP contribution >= 0.6 is 11.6 Å². The first-order chi connectivity index (χ1) is 15.1. The lowest BCUT2D eigenvalue weighted by Crippen LogP contribution is -2.43. The van der Waals surface area contributed by atoms with E-state index in [0.717, 1.165) is 25.7 Å². The van der Waals surface area contributed by atoms with Crippen LogP contribution in [-0.2, 0) is 0 Å². The molecule has 2 fully saturated rings. The van der Waals surface area contributed by atoms with Crippen molar-refractivity contribution >= 4 is 23.1 Å². The number of piperidine rings is 1. The van der Waals surface area contributed by atoms with Gasteiger partial charge >= 0.3 is 0 Å². The van der Waals surface area contributed by atoms with Gasteiger partial charge in [0, 0.05) is 12.1 Å². The average molecular weight is 447 g/mol. The highest BCUT2D eigenvalue weighted by atomic mass is 35.5. The zero-order chi connectivity index (χ0) is 21.4. The number of hydrogen-bond acceptors (Lipinski definition) is 5. The minimum atomic E-state index is -0.719. The number of aromatic nitrogens is 4. The molecule has 1 saturated heterocycles. The number of anilines is 1. The van der Waals surface area contributed by atoms with Gasteiger partial charge in [-0.1, -0.05) is 24.1 Å². The minimum absolute atomic E-state index is 0.0625. The zero-order valence-electron chi connectivity index (χ0n) is 17.2. The Bertz CT molecular complexity index is 1050. The van der Waals surface area contributed by atoms with Crippen LogP contribution in [0.3, 0.4) is 0 Å². The summed E-state index contributed by atoms with van der Waals surface area (Å²) in [7, 11) is 0. The van der Waals surface area contributed by atoms with Gasteiger partial charge in [0.25, 0.3) is 0 Å². The van der Waals surface area contributed by atoms with Crippen molar-refractivity contribution in [2.75, 3.05) is 18.4 Å². The summed E-state index contributed by atoms with van der Waals surface area (Å²) in [6.45, 7) is 2.42. The fraction of sp³-hybridized carbons (Fsp3) is 0.500. The van der Waals surface area contributed by atoms with E-state index in [4.69, 9.17) is 11.6 Å². The molecule has 0 amide bonds. The fourth-order valence-corrected chi connectivity index (χ4v) is 5.00. The first-order valence-electron chi connectivity index (χ1n) is 11.0. The highest BCUT2D eigenvalue weighted by molar-refractivity contribution is 6.29. The van der Waals surface area contributed by atoms with Crippen LogP contribution < -0.4 is 5.32 Å². The van der Waals surface area contributed by atoms with E-state index >= 15 is 0 Å². The van der Waals surface area contributed by atoms with Gasteiger partial charge in [-0.15, -0.1) is 5.10 Å². The second kappa shape index (κ2) is 8.67. The van der Waals surface area contributed by atoms with Crippen LogP contribution in [0.2, 0.25) is 5.15 Å². The molecule has 1 aliphatic carbocycles. The maximum absolute atomic E-state index is 14.4. The van der Waals surface area contributed by atoms with E-state index in [1.165, 1.54) is 61.3 Å². The predicted molar refractivity (Wildman–Crippen MR) is 116 cm³/mol. The molecule has 2 aliphatic rings. The molecule has 1 N–H and O–H groups in total. The van der Waals surface area contributed by atoms with Crippen LogP contribution in [0.1, 0.15) is 44.9 Å². The smallest absolute Gasteiger partial charge is 0.198 e. The maximum atomic E-state index is 14.4. The highest BCUT2D eigenvalue weighted by Crippen LogP contribution is 2.30. The van der Waals surface area contributed by atoms with Gasteiger partial charge < -0.3 is 10.2 Å². The predicted octanol–water partition coefficient (Wildman–Crippen LogP) is 4.93. The van der Waals surface area contributed by atoms with Gasteiger partial charge in [0.1, 0.15) is 11.6 Å². The lowest BCUT2D eigenvalue weighted by Gasteiger charge is -2.39. The van der Waals surface area contributed by atoms with Gasteiger partial charge in [-0.25, -0.2) is 18.7 Å². The number of imidazole rings is 1. The van der Waals surface area contributed by atoms with Crippen molar-refractivity contribution in [3.05, 3.63) is 41.2 Å².